The monoisotopic (exact) mass is 479 g/mol. The van der Waals surface area contributed by atoms with Crippen LogP contribution in [0, 0.1) is 0 Å². The standard InChI is InChI=1S/C24H25N5O4S/c34-24(29-14-25-13-26-29)28-7-5-27(6-8-28)23(17-1-3-21-19(9-17)11-30-15-32-21)18-2-4-22-20(10-18)12-31-16-33-22/h1-4,9-10,13-14,23H,5-8,11-12,15-16H2. The molecule has 9 nitrogen and oxygen atoms in total. The van der Waals surface area contributed by atoms with Crippen LogP contribution in [0.5, 0.6) is 11.5 Å². The molecule has 0 unspecified atom stereocenters. The maximum absolute atomic E-state index is 5.66. The van der Waals surface area contributed by atoms with Crippen LogP contribution in [0.15, 0.2) is 49.1 Å². The van der Waals surface area contributed by atoms with Crippen molar-refractivity contribution in [2.24, 2.45) is 0 Å². The Morgan fingerprint density at radius 2 is 1.47 bits per heavy atom. The van der Waals surface area contributed by atoms with E-state index in [1.807, 2.05) is 0 Å². The molecule has 4 heterocycles. The largest absolute Gasteiger partial charge is 0.467 e. The lowest BCUT2D eigenvalue weighted by Gasteiger charge is -2.40. The van der Waals surface area contributed by atoms with Crippen LogP contribution in [0.3, 0.4) is 0 Å². The first kappa shape index (κ1) is 21.5. The van der Waals surface area contributed by atoms with Crippen LogP contribution in [0.2, 0.25) is 0 Å². The number of nitrogens with zero attached hydrogens (tertiary/aromatic N) is 5. The SMILES string of the molecule is S=C(N1CCN(C(c2ccc3c(c2)COCO3)c2ccc3c(c2)COCO3)CC1)n1cncn1. The smallest absolute Gasteiger partial charge is 0.198 e. The second-order valence-corrected chi connectivity index (χ2v) is 8.87. The Morgan fingerprint density at radius 1 is 0.853 bits per heavy atom. The van der Waals surface area contributed by atoms with E-state index in [1.165, 1.54) is 17.5 Å². The summed E-state index contributed by atoms with van der Waals surface area (Å²) in [6.45, 7) is 5.04. The van der Waals surface area contributed by atoms with E-state index < -0.39 is 0 Å². The third-order valence-corrected chi connectivity index (χ3v) is 6.92. The molecule has 3 aliphatic rings. The Labute approximate surface area is 202 Å². The van der Waals surface area contributed by atoms with Gasteiger partial charge in [-0.25, -0.2) is 4.98 Å². The van der Waals surface area contributed by atoms with Gasteiger partial charge in [0.25, 0.3) is 0 Å². The van der Waals surface area contributed by atoms with Crippen molar-refractivity contribution in [1.29, 1.82) is 0 Å². The Hall–Kier alpha value is -3.05. The molecule has 6 rings (SSSR count). The summed E-state index contributed by atoms with van der Waals surface area (Å²) in [5.74, 6) is 1.79. The summed E-state index contributed by atoms with van der Waals surface area (Å²) >= 11 is 5.63. The van der Waals surface area contributed by atoms with Crippen molar-refractivity contribution in [2.75, 3.05) is 39.8 Å². The average Bonchev–Trinajstić information content (AvgIpc) is 3.44. The van der Waals surface area contributed by atoms with Crippen LogP contribution in [0.4, 0.5) is 0 Å². The molecule has 1 saturated heterocycles. The van der Waals surface area contributed by atoms with Gasteiger partial charge in [-0.3, -0.25) is 4.90 Å². The Balaban J connectivity index is 1.30. The van der Waals surface area contributed by atoms with Gasteiger partial charge in [-0.05, 0) is 47.6 Å². The normalized spacial score (nSPS) is 18.1. The summed E-state index contributed by atoms with van der Waals surface area (Å²) in [7, 11) is 0. The molecule has 3 aliphatic heterocycles. The zero-order valence-electron chi connectivity index (χ0n) is 18.6. The summed E-state index contributed by atoms with van der Waals surface area (Å²) in [6, 6.07) is 12.9. The van der Waals surface area contributed by atoms with Gasteiger partial charge in [0.05, 0.1) is 19.3 Å². The Bertz CT molecular complexity index is 1120. The molecule has 10 heteroatoms. The minimum atomic E-state index is 0.0709. The number of piperazine rings is 1. The second kappa shape index (κ2) is 9.30. The first-order chi connectivity index (χ1) is 16.8. The number of benzene rings is 2. The molecule has 34 heavy (non-hydrogen) atoms. The summed E-state index contributed by atoms with van der Waals surface area (Å²) in [6.07, 6.45) is 3.15. The predicted octanol–water partition coefficient (Wildman–Crippen LogP) is 2.55. The molecular weight excluding hydrogens is 454 g/mol. The van der Waals surface area contributed by atoms with Gasteiger partial charge < -0.3 is 23.8 Å². The molecular formula is C24H25N5O4S. The van der Waals surface area contributed by atoms with Gasteiger partial charge in [-0.1, -0.05) is 12.1 Å². The van der Waals surface area contributed by atoms with Crippen molar-refractivity contribution in [2.45, 2.75) is 19.3 Å². The quantitative estimate of drug-likeness (QED) is 0.527. The van der Waals surface area contributed by atoms with E-state index in [4.69, 9.17) is 31.2 Å². The van der Waals surface area contributed by atoms with Gasteiger partial charge in [0, 0.05) is 37.3 Å². The van der Waals surface area contributed by atoms with Crippen LogP contribution >= 0.6 is 12.2 Å². The summed E-state index contributed by atoms with van der Waals surface area (Å²) in [5.41, 5.74) is 4.56. The Morgan fingerprint density at radius 3 is 2.03 bits per heavy atom. The third-order valence-electron chi connectivity index (χ3n) is 6.48. The van der Waals surface area contributed by atoms with Crippen LogP contribution in [0.25, 0.3) is 0 Å². The van der Waals surface area contributed by atoms with Gasteiger partial charge in [-0.15, -0.1) is 0 Å². The van der Waals surface area contributed by atoms with Gasteiger partial charge in [0.15, 0.2) is 18.7 Å². The van der Waals surface area contributed by atoms with E-state index in [0.29, 0.717) is 31.9 Å². The number of aromatic nitrogens is 3. The van der Waals surface area contributed by atoms with E-state index in [-0.39, 0.29) is 6.04 Å². The first-order valence-corrected chi connectivity index (χ1v) is 11.7. The fraction of sp³-hybridized carbons (Fsp3) is 0.375. The van der Waals surface area contributed by atoms with Crippen molar-refractivity contribution in [3.63, 3.8) is 0 Å². The van der Waals surface area contributed by atoms with Crippen molar-refractivity contribution in [3.8, 4) is 11.5 Å². The molecule has 0 saturated carbocycles. The van der Waals surface area contributed by atoms with Crippen molar-refractivity contribution < 1.29 is 18.9 Å². The first-order valence-electron chi connectivity index (χ1n) is 11.3. The minimum Gasteiger partial charge on any atom is -0.467 e. The van der Waals surface area contributed by atoms with Crippen LogP contribution in [-0.4, -0.2) is 69.4 Å². The van der Waals surface area contributed by atoms with Crippen molar-refractivity contribution in [3.05, 3.63) is 71.3 Å². The molecule has 0 amide bonds. The molecule has 1 aromatic heterocycles. The van der Waals surface area contributed by atoms with E-state index in [0.717, 1.165) is 48.8 Å². The van der Waals surface area contributed by atoms with E-state index in [9.17, 15) is 0 Å². The number of ether oxygens (including phenoxy) is 4. The van der Waals surface area contributed by atoms with E-state index >= 15 is 0 Å². The lowest BCUT2D eigenvalue weighted by Crippen LogP contribution is -2.51. The van der Waals surface area contributed by atoms with Gasteiger partial charge in [-0.2, -0.15) is 9.78 Å². The van der Waals surface area contributed by atoms with E-state index in [1.54, 1.807) is 11.0 Å². The lowest BCUT2D eigenvalue weighted by molar-refractivity contribution is -0.0164. The third kappa shape index (κ3) is 4.14. The maximum atomic E-state index is 5.66. The highest BCUT2D eigenvalue weighted by atomic mass is 32.1. The molecule has 1 fully saturated rings. The average molecular weight is 480 g/mol. The number of thiocarbonyl (C=S) groups is 1. The van der Waals surface area contributed by atoms with Crippen LogP contribution in [-0.2, 0) is 22.7 Å². The molecule has 0 atom stereocenters. The zero-order valence-corrected chi connectivity index (χ0v) is 19.4. The molecule has 0 spiro atoms. The maximum Gasteiger partial charge on any atom is 0.198 e. The zero-order chi connectivity index (χ0) is 22.9. The molecule has 0 radical (unpaired) electrons. The highest BCUT2D eigenvalue weighted by Gasteiger charge is 2.29. The van der Waals surface area contributed by atoms with E-state index in [2.05, 4.69) is 56.3 Å². The number of hydrogen-bond acceptors (Lipinski definition) is 8. The minimum absolute atomic E-state index is 0.0709. The predicted molar refractivity (Wildman–Crippen MR) is 126 cm³/mol. The summed E-state index contributed by atoms with van der Waals surface area (Å²) < 4.78 is 24.0. The van der Waals surface area contributed by atoms with Crippen molar-refractivity contribution >= 4 is 17.3 Å². The topological polar surface area (TPSA) is 74.1 Å². The summed E-state index contributed by atoms with van der Waals surface area (Å²) in [5, 5.41) is 4.86. The van der Waals surface area contributed by atoms with Gasteiger partial charge in [0.2, 0.25) is 0 Å². The molecule has 176 valence electrons. The highest BCUT2D eigenvalue weighted by Crippen LogP contribution is 2.36. The lowest BCUT2D eigenvalue weighted by atomic mass is 9.93. The highest BCUT2D eigenvalue weighted by molar-refractivity contribution is 7.80. The molecule has 0 N–H and O–H groups in total. The van der Waals surface area contributed by atoms with Gasteiger partial charge in [0.1, 0.15) is 24.2 Å². The second-order valence-electron chi connectivity index (χ2n) is 8.50. The molecule has 2 aromatic carbocycles. The van der Waals surface area contributed by atoms with Gasteiger partial charge >= 0.3 is 0 Å². The number of fused-ring (bicyclic) bond motifs is 2. The van der Waals surface area contributed by atoms with Crippen LogP contribution < -0.4 is 9.47 Å². The molecule has 3 aromatic rings. The van der Waals surface area contributed by atoms with Crippen LogP contribution in [0.1, 0.15) is 28.3 Å². The number of hydrogen-bond donors (Lipinski definition) is 0. The fourth-order valence-corrected chi connectivity index (χ4v) is 5.07. The fourth-order valence-electron chi connectivity index (χ4n) is 4.80. The molecule has 0 aliphatic carbocycles. The Kier molecular flexibility index (Phi) is 5.88. The summed E-state index contributed by atoms with van der Waals surface area (Å²) in [4.78, 5) is 8.70. The molecule has 0 bridgehead atoms. The number of rotatable bonds is 3. The van der Waals surface area contributed by atoms with Crippen molar-refractivity contribution in [1.82, 2.24) is 24.6 Å².